The first kappa shape index (κ1) is 26.7. The van der Waals surface area contributed by atoms with Crippen LogP contribution in [0.25, 0.3) is 0 Å². The fourth-order valence-corrected chi connectivity index (χ4v) is 6.40. The van der Waals surface area contributed by atoms with Gasteiger partial charge in [-0.3, -0.25) is 9.69 Å². The lowest BCUT2D eigenvalue weighted by atomic mass is 9.77. The van der Waals surface area contributed by atoms with Gasteiger partial charge in [-0.1, -0.05) is 0 Å². The van der Waals surface area contributed by atoms with Crippen LogP contribution in [0.1, 0.15) is 63.0 Å². The highest BCUT2D eigenvalue weighted by molar-refractivity contribution is 5.86. The summed E-state index contributed by atoms with van der Waals surface area (Å²) in [7, 11) is 2.70. The molecule has 10 heteroatoms. The minimum atomic E-state index is -2.26. The first-order chi connectivity index (χ1) is 18.0. The van der Waals surface area contributed by atoms with Crippen molar-refractivity contribution in [3.8, 4) is 11.5 Å². The molecular formula is C28H36FNO8. The van der Waals surface area contributed by atoms with E-state index in [-0.39, 0.29) is 25.6 Å². The third-order valence-electron chi connectivity index (χ3n) is 8.38. The van der Waals surface area contributed by atoms with Crippen LogP contribution in [-0.2, 0) is 30.2 Å². The topological polar surface area (TPSA) is 104 Å². The fourth-order valence-electron chi connectivity index (χ4n) is 6.40. The second-order valence-electron chi connectivity index (χ2n) is 11.3. The first-order valence-corrected chi connectivity index (χ1v) is 13.1. The molecule has 3 aliphatic heterocycles. The number of aliphatic hydroxyl groups is 1. The molecular weight excluding hydrogens is 497 g/mol. The van der Waals surface area contributed by atoms with Crippen LogP contribution in [-0.4, -0.2) is 79.0 Å². The summed E-state index contributed by atoms with van der Waals surface area (Å²) in [5.74, 6) is -0.335. The molecule has 208 valence electrons. The Morgan fingerprint density at radius 1 is 1.18 bits per heavy atom. The molecule has 0 radical (unpaired) electrons. The Morgan fingerprint density at radius 2 is 1.92 bits per heavy atom. The lowest BCUT2D eigenvalue weighted by Crippen LogP contribution is -2.49. The molecule has 1 aromatic rings. The average molecular weight is 534 g/mol. The quantitative estimate of drug-likeness (QED) is 0.505. The molecule has 1 spiro atoms. The zero-order chi connectivity index (χ0) is 27.3. The summed E-state index contributed by atoms with van der Waals surface area (Å²) in [5, 5.41) is 11.4. The van der Waals surface area contributed by atoms with E-state index >= 15 is 0 Å². The summed E-state index contributed by atoms with van der Waals surface area (Å²) in [6.45, 7) is 4.56. The van der Waals surface area contributed by atoms with Crippen molar-refractivity contribution in [1.29, 1.82) is 0 Å². The van der Waals surface area contributed by atoms with E-state index in [9.17, 15) is 19.1 Å². The van der Waals surface area contributed by atoms with Crippen molar-refractivity contribution in [2.24, 2.45) is 0 Å². The van der Waals surface area contributed by atoms with Crippen molar-refractivity contribution in [3.05, 3.63) is 35.1 Å². The first-order valence-electron chi connectivity index (χ1n) is 13.1. The highest BCUT2D eigenvalue weighted by Gasteiger charge is 2.59. The van der Waals surface area contributed by atoms with Crippen LogP contribution in [0.5, 0.6) is 11.5 Å². The summed E-state index contributed by atoms with van der Waals surface area (Å²) in [6.07, 6.45) is 2.69. The maximum Gasteiger partial charge on any atom is 0.339 e. The van der Waals surface area contributed by atoms with Gasteiger partial charge in [-0.05, 0) is 81.8 Å². The molecule has 1 fully saturated rings. The number of carbonyl (C=O) groups excluding carboxylic acids is 2. The molecule has 9 nitrogen and oxygen atoms in total. The molecule has 3 heterocycles. The zero-order valence-electron chi connectivity index (χ0n) is 22.4. The third-order valence-corrected chi connectivity index (χ3v) is 8.38. The van der Waals surface area contributed by atoms with Crippen LogP contribution < -0.4 is 9.47 Å². The molecule has 4 atom stereocenters. The van der Waals surface area contributed by atoms with Crippen molar-refractivity contribution in [3.63, 3.8) is 0 Å². The number of fused-ring (bicyclic) bond motifs is 3. The number of alkyl halides is 1. The smallest absolute Gasteiger partial charge is 0.339 e. The van der Waals surface area contributed by atoms with Crippen LogP contribution in [0.15, 0.2) is 24.0 Å². The third kappa shape index (κ3) is 4.62. The Morgan fingerprint density at radius 3 is 2.61 bits per heavy atom. The highest BCUT2D eigenvalue weighted by Crippen LogP contribution is 2.55. The number of hydrogen-bond acceptors (Lipinski definition) is 9. The standard InChI is InChI=1S/C28H36FNO8/c1-26(2,29)8-9-28(33,15-22(31)35-4)25(32)38-24-21(34-3)14-27-7-5-10-30(27)11-6-17-12-19-20(37-16-36-19)13-18(17)23(24)27/h12-14,23-24,33H,5-11,15-16H2,1-4H3/t23-,24?,27+,28?/m1/s1. The summed E-state index contributed by atoms with van der Waals surface area (Å²) < 4.78 is 42.3. The summed E-state index contributed by atoms with van der Waals surface area (Å²) in [5.41, 5.74) is -2.32. The number of halogens is 1. The van der Waals surface area contributed by atoms with Crippen LogP contribution in [0.2, 0.25) is 0 Å². The van der Waals surface area contributed by atoms with Crippen molar-refractivity contribution in [1.82, 2.24) is 4.90 Å². The van der Waals surface area contributed by atoms with Crippen molar-refractivity contribution in [2.45, 2.75) is 81.2 Å². The Balaban J connectivity index is 1.53. The summed E-state index contributed by atoms with van der Waals surface area (Å²) in [4.78, 5) is 28.2. The van der Waals surface area contributed by atoms with Crippen LogP contribution in [0.3, 0.4) is 0 Å². The summed E-state index contributed by atoms with van der Waals surface area (Å²) in [6, 6.07) is 3.96. The Labute approximate surface area is 221 Å². The van der Waals surface area contributed by atoms with E-state index in [1.54, 1.807) is 0 Å². The second-order valence-corrected chi connectivity index (χ2v) is 11.3. The summed E-state index contributed by atoms with van der Waals surface area (Å²) >= 11 is 0. The van der Waals surface area contributed by atoms with E-state index in [1.165, 1.54) is 28.1 Å². The molecule has 0 saturated carbocycles. The Kier molecular flexibility index (Phi) is 6.84. The van der Waals surface area contributed by atoms with E-state index in [0.717, 1.165) is 43.5 Å². The van der Waals surface area contributed by atoms with E-state index in [1.807, 2.05) is 18.2 Å². The van der Waals surface area contributed by atoms with Gasteiger partial charge in [0.2, 0.25) is 6.79 Å². The number of rotatable bonds is 8. The van der Waals surface area contributed by atoms with Crippen LogP contribution in [0, 0.1) is 0 Å². The molecule has 0 bridgehead atoms. The number of hydrogen-bond donors (Lipinski definition) is 1. The Bertz CT molecular complexity index is 1150. The molecule has 5 rings (SSSR count). The van der Waals surface area contributed by atoms with Gasteiger partial charge in [0.25, 0.3) is 0 Å². The minimum Gasteiger partial charge on any atom is -0.497 e. The van der Waals surface area contributed by atoms with Crippen LogP contribution >= 0.6 is 0 Å². The largest absolute Gasteiger partial charge is 0.497 e. The van der Waals surface area contributed by atoms with E-state index in [2.05, 4.69) is 4.90 Å². The van der Waals surface area contributed by atoms with Gasteiger partial charge in [-0.2, -0.15) is 0 Å². The van der Waals surface area contributed by atoms with Gasteiger partial charge in [0.1, 0.15) is 11.4 Å². The zero-order valence-corrected chi connectivity index (χ0v) is 22.4. The lowest BCUT2D eigenvalue weighted by molar-refractivity contribution is -0.179. The monoisotopic (exact) mass is 533 g/mol. The maximum atomic E-state index is 14.4. The number of benzene rings is 1. The van der Waals surface area contributed by atoms with Crippen molar-refractivity contribution >= 4 is 11.9 Å². The van der Waals surface area contributed by atoms with Gasteiger partial charge >= 0.3 is 11.9 Å². The van der Waals surface area contributed by atoms with Crippen LogP contribution in [0.4, 0.5) is 4.39 Å². The molecule has 1 aromatic carbocycles. The molecule has 0 aromatic heterocycles. The van der Waals surface area contributed by atoms with E-state index in [4.69, 9.17) is 23.7 Å². The van der Waals surface area contributed by atoms with Gasteiger partial charge in [-0.15, -0.1) is 0 Å². The maximum absolute atomic E-state index is 14.4. The van der Waals surface area contributed by atoms with Crippen molar-refractivity contribution < 1.29 is 42.8 Å². The second kappa shape index (κ2) is 9.72. The molecule has 1 aliphatic carbocycles. The average Bonchev–Trinajstić information content (AvgIpc) is 3.56. The number of esters is 2. The Hall–Kier alpha value is -2.85. The number of carbonyl (C=O) groups is 2. The number of ether oxygens (including phenoxy) is 5. The van der Waals surface area contributed by atoms with E-state index in [0.29, 0.717) is 17.3 Å². The van der Waals surface area contributed by atoms with Gasteiger partial charge in [0.05, 0.1) is 32.1 Å². The number of methoxy groups -OCH3 is 2. The molecule has 2 unspecified atom stereocenters. The predicted octanol–water partition coefficient (Wildman–Crippen LogP) is 3.17. The SMILES string of the molecule is COC(=O)CC(O)(CCC(C)(C)F)C(=O)OC1C(OC)=C[C@]23CCCN2CCc2cc4c(cc2[C@H]13)OCO4. The predicted molar refractivity (Wildman–Crippen MR) is 134 cm³/mol. The lowest BCUT2D eigenvalue weighted by Gasteiger charge is -2.39. The van der Waals surface area contributed by atoms with Crippen molar-refractivity contribution in [2.75, 3.05) is 34.1 Å². The highest BCUT2D eigenvalue weighted by atomic mass is 19.1. The fraction of sp³-hybridized carbons (Fsp3) is 0.643. The molecule has 1 N–H and O–H groups in total. The molecule has 1 saturated heterocycles. The van der Waals surface area contributed by atoms with Gasteiger partial charge in [0, 0.05) is 6.54 Å². The minimum absolute atomic E-state index is 0.144. The molecule has 38 heavy (non-hydrogen) atoms. The van der Waals surface area contributed by atoms with Gasteiger partial charge in [0.15, 0.2) is 23.2 Å². The number of nitrogens with zero attached hydrogens (tertiary/aromatic N) is 1. The molecule has 4 aliphatic rings. The van der Waals surface area contributed by atoms with Gasteiger partial charge in [-0.25, -0.2) is 9.18 Å². The van der Waals surface area contributed by atoms with E-state index < -0.39 is 41.3 Å². The molecule has 0 amide bonds. The van der Waals surface area contributed by atoms with Gasteiger partial charge < -0.3 is 28.8 Å². The normalized spacial score (nSPS) is 27.4.